The van der Waals surface area contributed by atoms with Gasteiger partial charge in [0.1, 0.15) is 19.0 Å². The number of likely N-dealkylation sites (tertiary alicyclic amines) is 1. The molecule has 4 rings (SSSR count). The lowest BCUT2D eigenvalue weighted by Gasteiger charge is -2.33. The molecule has 5 nitrogen and oxygen atoms in total. The quantitative estimate of drug-likeness (QED) is 0.738. The lowest BCUT2D eigenvalue weighted by Crippen LogP contribution is -2.44. The summed E-state index contributed by atoms with van der Waals surface area (Å²) in [7, 11) is 0. The smallest absolute Gasteiger partial charge is 0.292 e. The molecule has 1 amide bonds. The third-order valence-electron chi connectivity index (χ3n) is 5.52. The first-order valence-electron chi connectivity index (χ1n) is 10.1. The van der Waals surface area contributed by atoms with Gasteiger partial charge in [-0.05, 0) is 30.9 Å². The van der Waals surface area contributed by atoms with Crippen LogP contribution in [0.1, 0.15) is 30.1 Å². The number of ketones is 1. The molecular weight excluding hydrogens is 366 g/mol. The average Bonchev–Trinajstić information content (AvgIpc) is 2.79. The SMILES string of the molecule is CC1=C(C(=O)N2CCC[C@H](C(=O)c3ccc(-c4ccccc4)cc3)C2)OCCO1. The van der Waals surface area contributed by atoms with E-state index in [1.807, 2.05) is 42.5 Å². The van der Waals surface area contributed by atoms with Gasteiger partial charge in [0, 0.05) is 24.6 Å². The molecule has 0 unspecified atom stereocenters. The van der Waals surface area contributed by atoms with Crippen LogP contribution in [0.3, 0.4) is 0 Å². The third kappa shape index (κ3) is 4.19. The van der Waals surface area contributed by atoms with Gasteiger partial charge >= 0.3 is 0 Å². The molecule has 0 spiro atoms. The predicted molar refractivity (Wildman–Crippen MR) is 110 cm³/mol. The maximum atomic E-state index is 13.1. The number of ether oxygens (including phenoxy) is 2. The average molecular weight is 391 g/mol. The molecule has 29 heavy (non-hydrogen) atoms. The maximum absolute atomic E-state index is 13.1. The summed E-state index contributed by atoms with van der Waals surface area (Å²) in [6.07, 6.45) is 1.59. The number of hydrogen-bond donors (Lipinski definition) is 0. The Hall–Kier alpha value is -3.08. The Kier molecular flexibility index (Phi) is 5.65. The van der Waals surface area contributed by atoms with Crippen LogP contribution >= 0.6 is 0 Å². The molecule has 5 heteroatoms. The van der Waals surface area contributed by atoms with Crippen LogP contribution in [0.25, 0.3) is 11.1 Å². The Labute approximate surface area is 170 Å². The number of piperidine rings is 1. The summed E-state index contributed by atoms with van der Waals surface area (Å²) in [4.78, 5) is 27.6. The van der Waals surface area contributed by atoms with E-state index in [1.165, 1.54) is 0 Å². The number of benzene rings is 2. The van der Waals surface area contributed by atoms with E-state index < -0.39 is 0 Å². The highest BCUT2D eigenvalue weighted by Gasteiger charge is 2.32. The van der Waals surface area contributed by atoms with Crippen LogP contribution in [-0.2, 0) is 14.3 Å². The molecule has 0 N–H and O–H groups in total. The standard InChI is InChI=1S/C24H25NO4/c1-17-23(29-15-14-28-17)24(27)25-13-5-8-21(16-25)22(26)20-11-9-19(10-12-20)18-6-3-2-4-7-18/h2-4,6-7,9-12,21H,5,8,13-16H2,1H3/t21-/m0/s1. The second kappa shape index (κ2) is 8.52. The van der Waals surface area contributed by atoms with Gasteiger partial charge in [0.15, 0.2) is 5.78 Å². The molecule has 1 fully saturated rings. The van der Waals surface area contributed by atoms with Gasteiger partial charge in [0.25, 0.3) is 5.91 Å². The summed E-state index contributed by atoms with van der Waals surface area (Å²) in [5, 5.41) is 0. The topological polar surface area (TPSA) is 55.8 Å². The maximum Gasteiger partial charge on any atom is 0.292 e. The van der Waals surface area contributed by atoms with Gasteiger partial charge in [-0.15, -0.1) is 0 Å². The molecule has 1 saturated heterocycles. The van der Waals surface area contributed by atoms with Gasteiger partial charge in [-0.3, -0.25) is 9.59 Å². The zero-order valence-corrected chi connectivity index (χ0v) is 16.6. The fourth-order valence-electron chi connectivity index (χ4n) is 3.93. The molecule has 2 aliphatic heterocycles. The van der Waals surface area contributed by atoms with E-state index in [1.54, 1.807) is 11.8 Å². The monoisotopic (exact) mass is 391 g/mol. The van der Waals surface area contributed by atoms with Crippen molar-refractivity contribution >= 4 is 11.7 Å². The van der Waals surface area contributed by atoms with Gasteiger partial charge in [-0.25, -0.2) is 0 Å². The van der Waals surface area contributed by atoms with Crippen LogP contribution in [0.15, 0.2) is 66.1 Å². The second-order valence-electron chi connectivity index (χ2n) is 7.48. The number of carbonyl (C=O) groups is 2. The Morgan fingerprint density at radius 2 is 1.62 bits per heavy atom. The van der Waals surface area contributed by atoms with Gasteiger partial charge in [-0.2, -0.15) is 0 Å². The Bertz CT molecular complexity index is 918. The van der Waals surface area contributed by atoms with Crippen molar-refractivity contribution in [2.24, 2.45) is 5.92 Å². The van der Waals surface area contributed by atoms with Crippen molar-refractivity contribution in [1.82, 2.24) is 4.90 Å². The van der Waals surface area contributed by atoms with E-state index in [9.17, 15) is 9.59 Å². The minimum atomic E-state index is -0.194. The number of hydrogen-bond acceptors (Lipinski definition) is 4. The van der Waals surface area contributed by atoms with Crippen LogP contribution in [0, 0.1) is 5.92 Å². The zero-order chi connectivity index (χ0) is 20.2. The van der Waals surface area contributed by atoms with Crippen LogP contribution in [-0.4, -0.2) is 42.9 Å². The van der Waals surface area contributed by atoms with Gasteiger partial charge in [0.2, 0.25) is 5.76 Å². The largest absolute Gasteiger partial charge is 0.491 e. The van der Waals surface area contributed by atoms with E-state index in [0.717, 1.165) is 24.0 Å². The molecule has 2 aromatic carbocycles. The first-order chi connectivity index (χ1) is 14.1. The Balaban J connectivity index is 1.45. The summed E-state index contributed by atoms with van der Waals surface area (Å²) in [6, 6.07) is 17.8. The highest BCUT2D eigenvalue weighted by atomic mass is 16.6. The van der Waals surface area contributed by atoms with Crippen molar-refractivity contribution in [3.05, 3.63) is 71.7 Å². The fourth-order valence-corrected chi connectivity index (χ4v) is 3.93. The molecule has 2 aromatic rings. The van der Waals surface area contributed by atoms with Crippen molar-refractivity contribution in [3.63, 3.8) is 0 Å². The molecule has 0 aromatic heterocycles. The molecule has 0 bridgehead atoms. The van der Waals surface area contributed by atoms with Crippen molar-refractivity contribution in [2.45, 2.75) is 19.8 Å². The first-order valence-corrected chi connectivity index (χ1v) is 10.1. The van der Waals surface area contributed by atoms with Crippen molar-refractivity contribution < 1.29 is 19.1 Å². The molecule has 0 radical (unpaired) electrons. The minimum absolute atomic E-state index is 0.0913. The molecular formula is C24H25NO4. The van der Waals surface area contributed by atoms with Crippen molar-refractivity contribution in [1.29, 1.82) is 0 Å². The Morgan fingerprint density at radius 3 is 2.34 bits per heavy atom. The Morgan fingerprint density at radius 1 is 0.931 bits per heavy atom. The van der Waals surface area contributed by atoms with Crippen LogP contribution in [0.5, 0.6) is 0 Å². The molecule has 1 atom stereocenters. The van der Waals surface area contributed by atoms with Gasteiger partial charge in [0.05, 0.1) is 0 Å². The predicted octanol–water partition coefficient (Wildman–Crippen LogP) is 4.05. The van der Waals surface area contributed by atoms with E-state index in [4.69, 9.17) is 9.47 Å². The second-order valence-corrected chi connectivity index (χ2v) is 7.48. The number of allylic oxidation sites excluding steroid dienone is 1. The third-order valence-corrected chi connectivity index (χ3v) is 5.52. The van der Waals surface area contributed by atoms with Crippen molar-refractivity contribution in [3.8, 4) is 11.1 Å². The lowest BCUT2D eigenvalue weighted by molar-refractivity contribution is -0.134. The normalized spacial score (nSPS) is 19.3. The lowest BCUT2D eigenvalue weighted by atomic mass is 9.89. The van der Waals surface area contributed by atoms with Crippen LogP contribution in [0.2, 0.25) is 0 Å². The number of carbonyl (C=O) groups excluding carboxylic acids is 2. The summed E-state index contributed by atoms with van der Waals surface area (Å²) >= 11 is 0. The molecule has 2 aliphatic rings. The highest BCUT2D eigenvalue weighted by molar-refractivity contribution is 5.99. The van der Waals surface area contributed by atoms with E-state index in [0.29, 0.717) is 37.6 Å². The molecule has 2 heterocycles. The summed E-state index contributed by atoms with van der Waals surface area (Å²) < 4.78 is 11.0. The highest BCUT2D eigenvalue weighted by Crippen LogP contribution is 2.26. The summed E-state index contributed by atoms with van der Waals surface area (Å²) in [5.74, 6) is 0.510. The number of Topliss-reactive ketones (excluding diaryl/α,β-unsaturated/α-hetero) is 1. The molecule has 0 aliphatic carbocycles. The van der Waals surface area contributed by atoms with Gasteiger partial charge < -0.3 is 14.4 Å². The number of amides is 1. The van der Waals surface area contributed by atoms with Crippen LogP contribution in [0.4, 0.5) is 0 Å². The first kappa shape index (κ1) is 19.2. The zero-order valence-electron chi connectivity index (χ0n) is 16.6. The van der Waals surface area contributed by atoms with Gasteiger partial charge in [-0.1, -0.05) is 54.6 Å². The number of rotatable bonds is 4. The number of nitrogens with zero attached hydrogens (tertiary/aromatic N) is 1. The van der Waals surface area contributed by atoms with Crippen molar-refractivity contribution in [2.75, 3.05) is 26.3 Å². The van der Waals surface area contributed by atoms with Crippen LogP contribution < -0.4 is 0 Å². The summed E-state index contributed by atoms with van der Waals surface area (Å²) in [6.45, 7) is 3.63. The molecule has 150 valence electrons. The fraction of sp³-hybridized carbons (Fsp3) is 0.333. The summed E-state index contributed by atoms with van der Waals surface area (Å²) in [5.41, 5.74) is 2.90. The minimum Gasteiger partial charge on any atom is -0.491 e. The van der Waals surface area contributed by atoms with E-state index in [2.05, 4.69) is 12.1 Å². The van der Waals surface area contributed by atoms with E-state index >= 15 is 0 Å². The van der Waals surface area contributed by atoms with E-state index in [-0.39, 0.29) is 23.4 Å². The molecule has 0 saturated carbocycles.